The van der Waals surface area contributed by atoms with Crippen LogP contribution in [0.2, 0.25) is 0 Å². The van der Waals surface area contributed by atoms with E-state index in [2.05, 4.69) is 11.4 Å². The van der Waals surface area contributed by atoms with Crippen LogP contribution < -0.4 is 5.32 Å². The molecule has 0 bridgehead atoms. The van der Waals surface area contributed by atoms with E-state index in [1.54, 1.807) is 11.8 Å². The van der Waals surface area contributed by atoms with E-state index in [9.17, 15) is 10.1 Å². The molecule has 0 saturated heterocycles. The highest BCUT2D eigenvalue weighted by Gasteiger charge is 2.34. The maximum Gasteiger partial charge on any atom is 0.244 e. The number of nitrogens with zero attached hydrogens (tertiary/aromatic N) is 1. The Morgan fingerprint density at radius 2 is 1.89 bits per heavy atom. The monoisotopic (exact) mass is 262 g/mol. The van der Waals surface area contributed by atoms with Crippen LogP contribution in [0.25, 0.3) is 0 Å². The van der Waals surface area contributed by atoms with Gasteiger partial charge in [0.05, 0.1) is 6.07 Å². The van der Waals surface area contributed by atoms with E-state index < -0.39 is 5.41 Å². The topological polar surface area (TPSA) is 52.9 Å². The summed E-state index contributed by atoms with van der Waals surface area (Å²) in [6.07, 6.45) is 3.05. The van der Waals surface area contributed by atoms with Gasteiger partial charge in [-0.05, 0) is 43.4 Å². The molecule has 0 aromatic heterocycles. The van der Waals surface area contributed by atoms with E-state index >= 15 is 0 Å². The predicted octanol–water partition coefficient (Wildman–Crippen LogP) is 3.68. The molecule has 0 radical (unpaired) electrons. The van der Waals surface area contributed by atoms with Crippen LogP contribution in [0.5, 0.6) is 0 Å². The van der Waals surface area contributed by atoms with Crippen molar-refractivity contribution < 1.29 is 4.79 Å². The smallest absolute Gasteiger partial charge is 0.244 e. The number of amides is 1. The molecule has 0 unspecified atom stereocenters. The number of thioether (sulfide) groups is 1. The quantitative estimate of drug-likeness (QED) is 0.824. The Kier molecular flexibility index (Phi) is 5.24. The van der Waals surface area contributed by atoms with Gasteiger partial charge in [-0.2, -0.15) is 5.26 Å². The molecule has 1 aromatic rings. The Labute approximate surface area is 113 Å². The molecule has 0 aliphatic carbocycles. The van der Waals surface area contributed by atoms with Crippen molar-refractivity contribution in [2.24, 2.45) is 5.41 Å². The summed E-state index contributed by atoms with van der Waals surface area (Å²) < 4.78 is 0. The summed E-state index contributed by atoms with van der Waals surface area (Å²) >= 11 is 1.65. The molecule has 3 nitrogen and oxygen atoms in total. The fourth-order valence-electron chi connectivity index (χ4n) is 1.71. The van der Waals surface area contributed by atoms with E-state index in [1.807, 2.05) is 44.4 Å². The molecule has 0 spiro atoms. The molecule has 1 aromatic carbocycles. The minimum absolute atomic E-state index is 0.216. The van der Waals surface area contributed by atoms with Gasteiger partial charge in [0.2, 0.25) is 5.91 Å². The first-order chi connectivity index (χ1) is 8.61. The zero-order valence-electron chi connectivity index (χ0n) is 11.0. The van der Waals surface area contributed by atoms with Crippen molar-refractivity contribution in [3.8, 4) is 6.07 Å². The number of anilines is 1. The van der Waals surface area contributed by atoms with Crippen LogP contribution in [-0.2, 0) is 4.79 Å². The van der Waals surface area contributed by atoms with Crippen molar-refractivity contribution in [1.82, 2.24) is 0 Å². The van der Waals surface area contributed by atoms with Crippen LogP contribution in [0.1, 0.15) is 26.7 Å². The summed E-state index contributed by atoms with van der Waals surface area (Å²) in [6.45, 7) is 3.73. The zero-order valence-corrected chi connectivity index (χ0v) is 11.8. The molecule has 1 N–H and O–H groups in total. The highest BCUT2D eigenvalue weighted by molar-refractivity contribution is 7.98. The third kappa shape index (κ3) is 3.05. The Morgan fingerprint density at radius 3 is 2.28 bits per heavy atom. The van der Waals surface area contributed by atoms with Crippen LogP contribution in [0.15, 0.2) is 29.2 Å². The fourth-order valence-corrected chi connectivity index (χ4v) is 2.11. The maximum absolute atomic E-state index is 12.1. The van der Waals surface area contributed by atoms with Gasteiger partial charge in [0.15, 0.2) is 0 Å². The summed E-state index contributed by atoms with van der Waals surface area (Å²) in [6, 6.07) is 9.76. The second kappa shape index (κ2) is 6.46. The fraction of sp³-hybridized carbons (Fsp3) is 0.429. The van der Waals surface area contributed by atoms with Gasteiger partial charge >= 0.3 is 0 Å². The molecule has 0 atom stereocenters. The van der Waals surface area contributed by atoms with Gasteiger partial charge in [0.25, 0.3) is 0 Å². The first-order valence-electron chi connectivity index (χ1n) is 5.98. The normalized spacial score (nSPS) is 10.8. The SMILES string of the molecule is CCC(C#N)(CC)C(=O)Nc1ccc(SC)cc1. The summed E-state index contributed by atoms with van der Waals surface area (Å²) in [5.74, 6) is -0.216. The summed E-state index contributed by atoms with van der Waals surface area (Å²) in [5, 5.41) is 12.0. The molecule has 1 rings (SSSR count). The van der Waals surface area contributed by atoms with Crippen LogP contribution in [0.3, 0.4) is 0 Å². The number of nitriles is 1. The van der Waals surface area contributed by atoms with Crippen molar-refractivity contribution in [3.05, 3.63) is 24.3 Å². The number of carbonyl (C=O) groups is 1. The molecule has 0 saturated carbocycles. The first-order valence-corrected chi connectivity index (χ1v) is 7.21. The summed E-state index contributed by atoms with van der Waals surface area (Å²) in [5.41, 5.74) is -0.183. The number of rotatable bonds is 5. The van der Waals surface area contributed by atoms with Crippen LogP contribution in [0, 0.1) is 16.7 Å². The molecule has 1 amide bonds. The largest absolute Gasteiger partial charge is 0.325 e. The molecular formula is C14H18N2OS. The Bertz CT molecular complexity index is 444. The molecule has 0 heterocycles. The van der Waals surface area contributed by atoms with E-state index in [4.69, 9.17) is 0 Å². The maximum atomic E-state index is 12.1. The third-order valence-corrected chi connectivity index (χ3v) is 3.95. The molecular weight excluding hydrogens is 244 g/mol. The number of hydrogen-bond acceptors (Lipinski definition) is 3. The number of nitrogens with one attached hydrogen (secondary N) is 1. The van der Waals surface area contributed by atoms with Gasteiger partial charge in [0.1, 0.15) is 5.41 Å². The lowest BCUT2D eigenvalue weighted by Gasteiger charge is -2.22. The second-order valence-corrected chi connectivity index (χ2v) is 4.96. The highest BCUT2D eigenvalue weighted by Crippen LogP contribution is 2.27. The number of carbonyl (C=O) groups excluding carboxylic acids is 1. The third-order valence-electron chi connectivity index (χ3n) is 3.20. The molecule has 4 heteroatoms. The standard InChI is InChI=1S/C14H18N2OS/c1-4-14(5-2,10-15)13(17)16-11-6-8-12(18-3)9-7-11/h6-9H,4-5H2,1-3H3,(H,16,17). The van der Waals surface area contributed by atoms with Gasteiger partial charge in [-0.25, -0.2) is 0 Å². The molecule has 96 valence electrons. The van der Waals surface area contributed by atoms with E-state index in [0.717, 1.165) is 10.6 Å². The van der Waals surface area contributed by atoms with Gasteiger partial charge in [-0.3, -0.25) is 4.79 Å². The zero-order chi connectivity index (χ0) is 13.6. The van der Waals surface area contributed by atoms with Crippen LogP contribution in [0.4, 0.5) is 5.69 Å². The first kappa shape index (κ1) is 14.6. The second-order valence-electron chi connectivity index (χ2n) is 4.08. The summed E-state index contributed by atoms with van der Waals surface area (Å²) in [7, 11) is 0. The van der Waals surface area contributed by atoms with Crippen molar-refractivity contribution >= 4 is 23.4 Å². The van der Waals surface area contributed by atoms with Crippen LogP contribution in [-0.4, -0.2) is 12.2 Å². The van der Waals surface area contributed by atoms with Crippen LogP contribution >= 0.6 is 11.8 Å². The minimum atomic E-state index is -0.918. The Hall–Kier alpha value is -1.47. The van der Waals surface area contributed by atoms with Crippen molar-refractivity contribution in [2.45, 2.75) is 31.6 Å². The average molecular weight is 262 g/mol. The van der Waals surface area contributed by atoms with E-state index in [0.29, 0.717) is 12.8 Å². The lowest BCUT2D eigenvalue weighted by molar-refractivity contribution is -0.123. The van der Waals surface area contributed by atoms with Crippen molar-refractivity contribution in [1.29, 1.82) is 5.26 Å². The van der Waals surface area contributed by atoms with Gasteiger partial charge in [-0.1, -0.05) is 13.8 Å². The molecule has 18 heavy (non-hydrogen) atoms. The predicted molar refractivity (Wildman–Crippen MR) is 75.5 cm³/mol. The molecule has 0 aliphatic rings. The molecule has 0 aliphatic heterocycles. The van der Waals surface area contributed by atoms with Crippen molar-refractivity contribution in [2.75, 3.05) is 11.6 Å². The highest BCUT2D eigenvalue weighted by atomic mass is 32.2. The number of hydrogen-bond donors (Lipinski definition) is 1. The van der Waals surface area contributed by atoms with Crippen molar-refractivity contribution in [3.63, 3.8) is 0 Å². The Balaban J connectivity index is 2.83. The number of benzene rings is 1. The van der Waals surface area contributed by atoms with Gasteiger partial charge in [-0.15, -0.1) is 11.8 Å². The van der Waals surface area contributed by atoms with Gasteiger partial charge in [0, 0.05) is 10.6 Å². The summed E-state index contributed by atoms with van der Waals surface area (Å²) in [4.78, 5) is 13.3. The minimum Gasteiger partial charge on any atom is -0.325 e. The van der Waals surface area contributed by atoms with E-state index in [-0.39, 0.29) is 5.91 Å². The molecule has 0 fully saturated rings. The Morgan fingerprint density at radius 1 is 1.33 bits per heavy atom. The van der Waals surface area contributed by atoms with Gasteiger partial charge < -0.3 is 5.32 Å². The lowest BCUT2D eigenvalue weighted by atomic mass is 9.83. The average Bonchev–Trinajstić information content (AvgIpc) is 2.42. The lowest BCUT2D eigenvalue weighted by Crippen LogP contribution is -2.33. The van der Waals surface area contributed by atoms with E-state index in [1.165, 1.54) is 0 Å².